The largest absolute Gasteiger partial charge is 0.493 e. The summed E-state index contributed by atoms with van der Waals surface area (Å²) in [4.78, 5) is 13.5. The number of piperidine rings is 1. The normalized spacial score (nSPS) is 15.6. The van der Waals surface area contributed by atoms with E-state index in [1.807, 2.05) is 35.2 Å². The molecule has 6 nitrogen and oxygen atoms in total. The fourth-order valence-electron chi connectivity index (χ4n) is 4.83. The van der Waals surface area contributed by atoms with Crippen molar-refractivity contribution < 1.29 is 37.3 Å². The van der Waals surface area contributed by atoms with Gasteiger partial charge in [0.25, 0.3) is 0 Å². The maximum absolute atomic E-state index is 13.6. The molecule has 1 atom stereocenters. The minimum absolute atomic E-state index is 0.271. The van der Waals surface area contributed by atoms with Crippen LogP contribution >= 0.6 is 0 Å². The summed E-state index contributed by atoms with van der Waals surface area (Å²) in [5.41, 5.74) is 1.29. The van der Waals surface area contributed by atoms with Crippen LogP contribution in [0.15, 0.2) is 66.7 Å². The summed E-state index contributed by atoms with van der Waals surface area (Å²) in [6, 6.07) is 17.7. The highest BCUT2D eigenvalue weighted by Crippen LogP contribution is 2.44. The molecule has 0 amide bonds. The van der Waals surface area contributed by atoms with Crippen LogP contribution in [-0.2, 0) is 17.6 Å². The molecule has 0 saturated carbocycles. The van der Waals surface area contributed by atoms with Crippen LogP contribution in [0.2, 0.25) is 0 Å². The number of ether oxygens (including phenoxy) is 3. The summed E-state index contributed by atoms with van der Waals surface area (Å²) in [5.74, 6) is -0.190. The zero-order chi connectivity index (χ0) is 27.3. The average molecular weight is 530 g/mol. The highest BCUT2D eigenvalue weighted by Gasteiger charge is 2.34. The Morgan fingerprint density at radius 3 is 2.13 bits per heavy atom. The van der Waals surface area contributed by atoms with Gasteiger partial charge in [0.1, 0.15) is 6.61 Å². The van der Waals surface area contributed by atoms with Gasteiger partial charge < -0.3 is 19.3 Å². The Labute approximate surface area is 219 Å². The van der Waals surface area contributed by atoms with E-state index in [-0.39, 0.29) is 6.61 Å². The Morgan fingerprint density at radius 1 is 0.947 bits per heavy atom. The van der Waals surface area contributed by atoms with Crippen molar-refractivity contribution in [1.82, 2.24) is 4.90 Å². The molecule has 202 valence electrons. The summed E-state index contributed by atoms with van der Waals surface area (Å²) in [7, 11) is 2.98. The van der Waals surface area contributed by atoms with Crippen molar-refractivity contribution in [2.75, 3.05) is 27.3 Å². The lowest BCUT2D eigenvalue weighted by Gasteiger charge is -2.37. The number of benzene rings is 3. The average Bonchev–Trinajstić information content (AvgIpc) is 2.92. The molecule has 9 heteroatoms. The molecule has 0 radical (unpaired) electrons. The van der Waals surface area contributed by atoms with E-state index in [0.29, 0.717) is 54.3 Å². The lowest BCUT2D eigenvalue weighted by Crippen LogP contribution is -2.39. The van der Waals surface area contributed by atoms with Crippen molar-refractivity contribution >= 4 is 5.97 Å². The van der Waals surface area contributed by atoms with Crippen LogP contribution in [0, 0.1) is 5.92 Å². The third-order valence-corrected chi connectivity index (χ3v) is 6.80. The van der Waals surface area contributed by atoms with Gasteiger partial charge >= 0.3 is 12.1 Å². The van der Waals surface area contributed by atoms with Gasteiger partial charge in [-0.05, 0) is 66.9 Å². The van der Waals surface area contributed by atoms with Gasteiger partial charge in [-0.25, -0.2) is 0 Å². The van der Waals surface area contributed by atoms with Crippen molar-refractivity contribution in [3.8, 4) is 17.2 Å². The molecule has 1 fully saturated rings. The zero-order valence-electron chi connectivity index (χ0n) is 21.2. The van der Waals surface area contributed by atoms with E-state index in [1.165, 1.54) is 20.3 Å². The van der Waals surface area contributed by atoms with Crippen molar-refractivity contribution in [3.63, 3.8) is 0 Å². The van der Waals surface area contributed by atoms with Gasteiger partial charge in [-0.1, -0.05) is 42.5 Å². The van der Waals surface area contributed by atoms with E-state index in [2.05, 4.69) is 0 Å². The summed E-state index contributed by atoms with van der Waals surface area (Å²) >= 11 is 0. The van der Waals surface area contributed by atoms with E-state index < -0.39 is 29.7 Å². The SMILES string of the molecule is COc1cc(C(c2cccc(C(F)(F)F)c2)N2CCC(C(=O)O)CC2)cc(OC)c1OCc1ccccc1. The van der Waals surface area contributed by atoms with Crippen molar-refractivity contribution in [3.05, 3.63) is 89.0 Å². The van der Waals surface area contributed by atoms with E-state index in [0.717, 1.165) is 17.7 Å². The van der Waals surface area contributed by atoms with Crippen LogP contribution in [0.4, 0.5) is 13.2 Å². The molecule has 1 heterocycles. The molecule has 1 N–H and O–H groups in total. The van der Waals surface area contributed by atoms with Crippen LogP contribution in [-0.4, -0.2) is 43.3 Å². The number of carbonyl (C=O) groups is 1. The van der Waals surface area contributed by atoms with Gasteiger partial charge in [0.15, 0.2) is 11.5 Å². The lowest BCUT2D eigenvalue weighted by atomic mass is 9.90. The minimum Gasteiger partial charge on any atom is -0.493 e. The number of halogens is 3. The lowest BCUT2D eigenvalue weighted by molar-refractivity contribution is -0.143. The van der Waals surface area contributed by atoms with E-state index >= 15 is 0 Å². The number of methoxy groups -OCH3 is 2. The number of likely N-dealkylation sites (tertiary alicyclic amines) is 1. The van der Waals surface area contributed by atoms with Crippen molar-refractivity contribution in [1.29, 1.82) is 0 Å². The van der Waals surface area contributed by atoms with E-state index in [1.54, 1.807) is 18.2 Å². The minimum atomic E-state index is -4.50. The number of aliphatic carboxylic acids is 1. The zero-order valence-corrected chi connectivity index (χ0v) is 21.2. The van der Waals surface area contributed by atoms with Gasteiger partial charge in [-0.3, -0.25) is 9.69 Å². The predicted octanol–water partition coefficient (Wildman–Crippen LogP) is 6.19. The van der Waals surface area contributed by atoms with Gasteiger partial charge in [0.2, 0.25) is 5.75 Å². The number of nitrogens with zero attached hydrogens (tertiary/aromatic N) is 1. The molecular formula is C29H30F3NO5. The first-order valence-electron chi connectivity index (χ1n) is 12.3. The standard InChI is InChI=1S/C29H30F3NO5/c1-36-24-16-22(17-25(37-2)27(24)38-18-19-7-4-3-5-8-19)26(33-13-11-20(12-14-33)28(34)35)21-9-6-10-23(15-21)29(30,31)32/h3-10,15-17,20,26H,11-14,18H2,1-2H3,(H,34,35). The predicted molar refractivity (Wildman–Crippen MR) is 136 cm³/mol. The summed E-state index contributed by atoms with van der Waals surface area (Å²) in [6.07, 6.45) is -3.70. The Balaban J connectivity index is 1.75. The van der Waals surface area contributed by atoms with Crippen LogP contribution in [0.25, 0.3) is 0 Å². The highest BCUT2D eigenvalue weighted by atomic mass is 19.4. The Bertz CT molecular complexity index is 1220. The molecule has 3 aromatic rings. The number of hydrogen-bond acceptors (Lipinski definition) is 5. The van der Waals surface area contributed by atoms with Crippen molar-refractivity contribution in [2.45, 2.75) is 31.7 Å². The molecular weight excluding hydrogens is 499 g/mol. The molecule has 0 spiro atoms. The molecule has 3 aromatic carbocycles. The summed E-state index contributed by atoms with van der Waals surface area (Å²) < 4.78 is 58.1. The number of carboxylic acid groups (broad SMARTS) is 1. The van der Waals surface area contributed by atoms with Gasteiger partial charge in [0.05, 0.1) is 31.7 Å². The van der Waals surface area contributed by atoms with Crippen LogP contribution in [0.1, 0.15) is 41.1 Å². The second-order valence-corrected chi connectivity index (χ2v) is 9.20. The highest BCUT2D eigenvalue weighted by molar-refractivity contribution is 5.70. The molecule has 0 aromatic heterocycles. The monoisotopic (exact) mass is 529 g/mol. The maximum atomic E-state index is 13.6. The molecule has 1 unspecified atom stereocenters. The summed E-state index contributed by atoms with van der Waals surface area (Å²) in [5, 5.41) is 9.43. The smallest absolute Gasteiger partial charge is 0.416 e. The van der Waals surface area contributed by atoms with E-state index in [9.17, 15) is 23.1 Å². The van der Waals surface area contributed by atoms with E-state index in [4.69, 9.17) is 14.2 Å². The number of hydrogen-bond donors (Lipinski definition) is 1. The fraction of sp³-hybridized carbons (Fsp3) is 0.345. The second kappa shape index (κ2) is 11.8. The molecule has 38 heavy (non-hydrogen) atoms. The van der Waals surface area contributed by atoms with Crippen LogP contribution in [0.3, 0.4) is 0 Å². The fourth-order valence-corrected chi connectivity index (χ4v) is 4.83. The van der Waals surface area contributed by atoms with Crippen molar-refractivity contribution in [2.24, 2.45) is 5.92 Å². The first kappa shape index (κ1) is 27.3. The number of alkyl halides is 3. The molecule has 1 aliphatic rings. The molecule has 1 saturated heterocycles. The quantitative estimate of drug-likeness (QED) is 0.357. The molecule has 0 aliphatic carbocycles. The van der Waals surface area contributed by atoms with Crippen LogP contribution < -0.4 is 14.2 Å². The first-order chi connectivity index (χ1) is 18.2. The molecule has 0 bridgehead atoms. The Kier molecular flexibility index (Phi) is 8.46. The topological polar surface area (TPSA) is 68.2 Å². The second-order valence-electron chi connectivity index (χ2n) is 9.20. The summed E-state index contributed by atoms with van der Waals surface area (Å²) in [6.45, 7) is 1.09. The Morgan fingerprint density at radius 2 is 1.58 bits per heavy atom. The van der Waals surface area contributed by atoms with Gasteiger partial charge in [0, 0.05) is 0 Å². The van der Waals surface area contributed by atoms with Crippen LogP contribution in [0.5, 0.6) is 17.2 Å². The maximum Gasteiger partial charge on any atom is 0.416 e. The first-order valence-corrected chi connectivity index (χ1v) is 12.3. The Hall–Kier alpha value is -3.72. The number of rotatable bonds is 9. The van der Waals surface area contributed by atoms with Gasteiger partial charge in [-0.2, -0.15) is 13.2 Å². The van der Waals surface area contributed by atoms with Gasteiger partial charge in [-0.15, -0.1) is 0 Å². The molecule has 1 aliphatic heterocycles. The third-order valence-electron chi connectivity index (χ3n) is 6.80. The third kappa shape index (κ3) is 6.22. The number of carboxylic acids is 1. The molecule has 4 rings (SSSR count).